The molecule has 4 rings (SSSR count). The summed E-state index contributed by atoms with van der Waals surface area (Å²) < 4.78 is 0. The van der Waals surface area contributed by atoms with Gasteiger partial charge in [-0.2, -0.15) is 0 Å². The highest BCUT2D eigenvalue weighted by Gasteiger charge is 2.12. The van der Waals surface area contributed by atoms with Crippen LogP contribution in [0, 0.1) is 6.92 Å². The molecule has 124 valence electrons. The Hall–Kier alpha value is -2.57. The molecule has 0 radical (unpaired) electrons. The van der Waals surface area contributed by atoms with Crippen molar-refractivity contribution in [2.45, 2.75) is 13.3 Å². The van der Waals surface area contributed by atoms with Crippen LogP contribution in [-0.2, 0) is 11.2 Å². The number of nitrogens with zero attached hydrogens (tertiary/aromatic N) is 2. The first-order chi connectivity index (χ1) is 12.2. The number of anilines is 1. The molecule has 1 N–H and O–H groups in total. The number of fused-ring (bicyclic) bond motifs is 1. The van der Waals surface area contributed by atoms with E-state index in [1.165, 1.54) is 0 Å². The van der Waals surface area contributed by atoms with Gasteiger partial charge in [-0.3, -0.25) is 9.78 Å². The molecule has 0 saturated carbocycles. The van der Waals surface area contributed by atoms with E-state index in [-0.39, 0.29) is 12.3 Å². The summed E-state index contributed by atoms with van der Waals surface area (Å²) in [6.07, 6.45) is 2.03. The molecule has 1 amide bonds. The number of thiophene rings is 1. The molecule has 0 bridgehead atoms. The first kappa shape index (κ1) is 15.9. The summed E-state index contributed by atoms with van der Waals surface area (Å²) in [6, 6.07) is 11.8. The fourth-order valence-corrected chi connectivity index (χ4v) is 4.32. The monoisotopic (exact) mass is 365 g/mol. The van der Waals surface area contributed by atoms with E-state index in [0.717, 1.165) is 37.7 Å². The minimum Gasteiger partial charge on any atom is -0.325 e. The molecule has 1 aromatic carbocycles. The molecule has 6 heteroatoms. The highest BCUT2D eigenvalue weighted by atomic mass is 32.1. The topological polar surface area (TPSA) is 54.9 Å². The molecule has 0 aliphatic carbocycles. The average molecular weight is 365 g/mol. The molecule has 0 saturated heterocycles. The molecule has 3 heterocycles. The molecule has 4 aromatic rings. The summed E-state index contributed by atoms with van der Waals surface area (Å²) in [5.74, 6) is -0.0722. The van der Waals surface area contributed by atoms with Gasteiger partial charge in [0.25, 0.3) is 0 Å². The second-order valence-corrected chi connectivity index (χ2v) is 7.48. The normalized spacial score (nSPS) is 10.9. The van der Waals surface area contributed by atoms with Crippen molar-refractivity contribution in [2.24, 2.45) is 0 Å². The lowest BCUT2D eigenvalue weighted by Gasteiger charge is -2.09. The summed E-state index contributed by atoms with van der Waals surface area (Å²) in [7, 11) is 0. The zero-order valence-corrected chi connectivity index (χ0v) is 15.2. The fraction of sp³-hybridized carbons (Fsp3) is 0.105. The van der Waals surface area contributed by atoms with Gasteiger partial charge in [-0.1, -0.05) is 12.1 Å². The lowest BCUT2D eigenvalue weighted by molar-refractivity contribution is -0.115. The third-order valence-electron chi connectivity index (χ3n) is 3.87. The van der Waals surface area contributed by atoms with E-state index < -0.39 is 0 Å². The Morgan fingerprint density at radius 2 is 2.08 bits per heavy atom. The standard InChI is InChI=1S/C19H15N3OS2/c1-12-6-7-15(14-4-2-8-20-18(12)14)22-17(23)10-13-11-25-19(21-13)16-5-3-9-24-16/h2-9,11H,10H2,1H3,(H,22,23). The molecule has 0 aliphatic rings. The SMILES string of the molecule is Cc1ccc(NC(=O)Cc2csc(-c3cccs3)n2)c2cccnc12. The van der Waals surface area contributed by atoms with Crippen LogP contribution < -0.4 is 5.32 Å². The van der Waals surface area contributed by atoms with Gasteiger partial charge in [-0.15, -0.1) is 22.7 Å². The number of benzene rings is 1. The Labute approximate surface area is 153 Å². The van der Waals surface area contributed by atoms with E-state index in [2.05, 4.69) is 15.3 Å². The Kier molecular flexibility index (Phi) is 4.29. The van der Waals surface area contributed by atoms with Gasteiger partial charge in [-0.05, 0) is 42.1 Å². The summed E-state index contributed by atoms with van der Waals surface area (Å²) in [5, 5.41) is 8.88. The number of hydrogen-bond donors (Lipinski definition) is 1. The Morgan fingerprint density at radius 1 is 1.16 bits per heavy atom. The largest absolute Gasteiger partial charge is 0.325 e. The zero-order chi connectivity index (χ0) is 17.2. The number of amides is 1. The second-order valence-electron chi connectivity index (χ2n) is 5.68. The fourth-order valence-electron chi connectivity index (χ4n) is 2.68. The minimum atomic E-state index is -0.0722. The van der Waals surface area contributed by atoms with Crippen molar-refractivity contribution < 1.29 is 4.79 Å². The third kappa shape index (κ3) is 3.31. The first-order valence-corrected chi connectivity index (χ1v) is 9.59. The van der Waals surface area contributed by atoms with Gasteiger partial charge in [0.1, 0.15) is 5.01 Å². The molecular weight excluding hydrogens is 350 g/mol. The maximum absolute atomic E-state index is 12.4. The summed E-state index contributed by atoms with van der Waals surface area (Å²) >= 11 is 3.22. The number of carbonyl (C=O) groups excluding carboxylic acids is 1. The van der Waals surface area contributed by atoms with Crippen LogP contribution in [0.15, 0.2) is 53.4 Å². The van der Waals surface area contributed by atoms with Crippen LogP contribution in [0.25, 0.3) is 20.8 Å². The Morgan fingerprint density at radius 3 is 2.92 bits per heavy atom. The lowest BCUT2D eigenvalue weighted by atomic mass is 10.1. The Bertz CT molecular complexity index is 1040. The highest BCUT2D eigenvalue weighted by Crippen LogP contribution is 2.28. The van der Waals surface area contributed by atoms with Crippen LogP contribution in [0.1, 0.15) is 11.3 Å². The van der Waals surface area contributed by atoms with Crippen LogP contribution in [0.3, 0.4) is 0 Å². The van der Waals surface area contributed by atoms with Gasteiger partial charge in [0.2, 0.25) is 5.91 Å². The van der Waals surface area contributed by atoms with E-state index >= 15 is 0 Å². The van der Waals surface area contributed by atoms with Crippen LogP contribution in [0.5, 0.6) is 0 Å². The summed E-state index contributed by atoms with van der Waals surface area (Å²) in [6.45, 7) is 2.02. The number of rotatable bonds is 4. The molecule has 4 nitrogen and oxygen atoms in total. The molecule has 0 atom stereocenters. The van der Waals surface area contributed by atoms with Crippen molar-refractivity contribution in [3.63, 3.8) is 0 Å². The van der Waals surface area contributed by atoms with Crippen molar-refractivity contribution >= 4 is 45.2 Å². The average Bonchev–Trinajstić information content (AvgIpc) is 3.29. The van der Waals surface area contributed by atoms with E-state index in [0.29, 0.717) is 0 Å². The van der Waals surface area contributed by atoms with Crippen LogP contribution in [0.2, 0.25) is 0 Å². The van der Waals surface area contributed by atoms with E-state index in [4.69, 9.17) is 0 Å². The number of aryl methyl sites for hydroxylation is 1. The maximum Gasteiger partial charge on any atom is 0.230 e. The molecule has 0 spiro atoms. The van der Waals surface area contributed by atoms with Crippen molar-refractivity contribution in [3.8, 4) is 9.88 Å². The molecule has 0 unspecified atom stereocenters. The van der Waals surface area contributed by atoms with Crippen molar-refractivity contribution in [3.05, 3.63) is 64.6 Å². The molecule has 25 heavy (non-hydrogen) atoms. The second kappa shape index (κ2) is 6.74. The van der Waals surface area contributed by atoms with Crippen molar-refractivity contribution in [1.82, 2.24) is 9.97 Å². The first-order valence-electron chi connectivity index (χ1n) is 7.83. The molecular formula is C19H15N3OS2. The van der Waals surface area contributed by atoms with Crippen molar-refractivity contribution in [2.75, 3.05) is 5.32 Å². The number of aromatic nitrogens is 2. The van der Waals surface area contributed by atoms with Crippen LogP contribution in [0.4, 0.5) is 5.69 Å². The van der Waals surface area contributed by atoms with Crippen molar-refractivity contribution in [1.29, 1.82) is 0 Å². The number of pyridine rings is 1. The molecule has 3 aromatic heterocycles. The van der Waals surface area contributed by atoms with Gasteiger partial charge >= 0.3 is 0 Å². The highest BCUT2D eigenvalue weighted by molar-refractivity contribution is 7.20. The van der Waals surface area contributed by atoms with Crippen LogP contribution in [-0.4, -0.2) is 15.9 Å². The summed E-state index contributed by atoms with van der Waals surface area (Å²) in [4.78, 5) is 22.5. The Balaban J connectivity index is 1.52. The van der Waals surface area contributed by atoms with E-state index in [1.807, 2.05) is 54.1 Å². The van der Waals surface area contributed by atoms with Gasteiger partial charge < -0.3 is 5.32 Å². The van der Waals surface area contributed by atoms with Gasteiger partial charge in [0.15, 0.2) is 0 Å². The quantitative estimate of drug-likeness (QED) is 0.559. The third-order valence-corrected chi connectivity index (χ3v) is 5.80. The van der Waals surface area contributed by atoms with Gasteiger partial charge in [0.05, 0.1) is 28.2 Å². The predicted molar refractivity (Wildman–Crippen MR) is 104 cm³/mol. The summed E-state index contributed by atoms with van der Waals surface area (Å²) in [5.41, 5.74) is 3.58. The number of nitrogens with one attached hydrogen (secondary N) is 1. The van der Waals surface area contributed by atoms with Gasteiger partial charge in [-0.25, -0.2) is 4.98 Å². The molecule has 0 aliphatic heterocycles. The zero-order valence-electron chi connectivity index (χ0n) is 13.5. The smallest absolute Gasteiger partial charge is 0.230 e. The number of carbonyl (C=O) groups is 1. The maximum atomic E-state index is 12.4. The lowest BCUT2D eigenvalue weighted by Crippen LogP contribution is -2.15. The molecule has 0 fully saturated rings. The predicted octanol–water partition coefficient (Wildman–Crippen LogP) is 4.91. The minimum absolute atomic E-state index is 0.0722. The van der Waals surface area contributed by atoms with Gasteiger partial charge in [0, 0.05) is 17.0 Å². The number of thiazole rings is 1. The van der Waals surface area contributed by atoms with E-state index in [9.17, 15) is 4.79 Å². The van der Waals surface area contributed by atoms with Crippen LogP contribution >= 0.6 is 22.7 Å². The number of hydrogen-bond acceptors (Lipinski definition) is 5. The van der Waals surface area contributed by atoms with E-state index in [1.54, 1.807) is 28.9 Å².